The van der Waals surface area contributed by atoms with Crippen molar-refractivity contribution in [3.63, 3.8) is 0 Å². The van der Waals surface area contributed by atoms with E-state index in [1.165, 1.54) is 6.07 Å². The molecular weight excluding hydrogens is 224 g/mol. The smallest absolute Gasteiger partial charge is 0.250 e. The zero-order chi connectivity index (χ0) is 13.0. The molecule has 3 heteroatoms. The molecule has 2 aromatic rings. The first-order chi connectivity index (χ1) is 8.72. The average molecular weight is 238 g/mol. The molecule has 1 atom stereocenters. The van der Waals surface area contributed by atoms with Gasteiger partial charge in [-0.05, 0) is 18.6 Å². The number of hydrogen-bond acceptors (Lipinski definition) is 2. The van der Waals surface area contributed by atoms with Gasteiger partial charge >= 0.3 is 0 Å². The van der Waals surface area contributed by atoms with Crippen LogP contribution in [0.2, 0.25) is 0 Å². The van der Waals surface area contributed by atoms with Crippen LogP contribution >= 0.6 is 0 Å². The molecule has 0 saturated carbocycles. The summed E-state index contributed by atoms with van der Waals surface area (Å²) in [5.74, 6) is -0.301. The maximum atomic E-state index is 11.8. The van der Waals surface area contributed by atoms with Gasteiger partial charge in [0.2, 0.25) is 0 Å². The van der Waals surface area contributed by atoms with Crippen LogP contribution in [0.1, 0.15) is 17.2 Å². The molecule has 0 saturated heterocycles. The largest absolute Gasteiger partial charge is 0.311 e. The Kier molecular flexibility index (Phi) is 3.59. The molecule has 0 fully saturated rings. The Labute approximate surface area is 106 Å². The van der Waals surface area contributed by atoms with Crippen molar-refractivity contribution in [3.05, 3.63) is 70.1 Å². The highest BCUT2D eigenvalue weighted by Gasteiger charge is 2.12. The van der Waals surface area contributed by atoms with Crippen LogP contribution in [-0.2, 0) is 6.54 Å². The number of pyridine rings is 1. The van der Waals surface area contributed by atoms with Crippen LogP contribution in [-0.4, -0.2) is 4.57 Å². The molecular formula is C15H14N2O. The molecule has 1 unspecified atom stereocenters. The predicted octanol–water partition coefficient (Wildman–Crippen LogP) is 2.46. The van der Waals surface area contributed by atoms with Crippen LogP contribution in [0, 0.1) is 18.3 Å². The SMILES string of the molecule is Cc1cccc(=O)n1CC(C#N)c1ccccc1. The highest BCUT2D eigenvalue weighted by molar-refractivity contribution is 5.24. The van der Waals surface area contributed by atoms with Gasteiger partial charge in [0.15, 0.2) is 0 Å². The summed E-state index contributed by atoms with van der Waals surface area (Å²) < 4.78 is 1.64. The van der Waals surface area contributed by atoms with Gasteiger partial charge in [-0.3, -0.25) is 4.79 Å². The summed E-state index contributed by atoms with van der Waals surface area (Å²) in [5.41, 5.74) is 1.75. The molecule has 0 amide bonds. The first kappa shape index (κ1) is 12.1. The summed E-state index contributed by atoms with van der Waals surface area (Å²) >= 11 is 0. The summed E-state index contributed by atoms with van der Waals surface area (Å²) in [6, 6.07) is 16.9. The Morgan fingerprint density at radius 3 is 2.50 bits per heavy atom. The molecule has 0 radical (unpaired) electrons. The standard InChI is InChI=1S/C15H14N2O/c1-12-6-5-9-15(18)17(12)11-14(10-16)13-7-3-2-4-8-13/h2-9,14H,11H2,1H3. The van der Waals surface area contributed by atoms with Gasteiger partial charge in [0.25, 0.3) is 5.56 Å². The van der Waals surface area contributed by atoms with E-state index in [0.29, 0.717) is 6.54 Å². The van der Waals surface area contributed by atoms with Crippen LogP contribution in [0.3, 0.4) is 0 Å². The molecule has 90 valence electrons. The first-order valence-electron chi connectivity index (χ1n) is 5.83. The summed E-state index contributed by atoms with van der Waals surface area (Å²) in [7, 11) is 0. The van der Waals surface area contributed by atoms with Gasteiger partial charge in [0, 0.05) is 18.3 Å². The van der Waals surface area contributed by atoms with E-state index in [4.69, 9.17) is 0 Å². The Morgan fingerprint density at radius 1 is 1.17 bits per heavy atom. The second-order valence-electron chi connectivity index (χ2n) is 4.21. The molecule has 1 heterocycles. The second kappa shape index (κ2) is 5.33. The lowest BCUT2D eigenvalue weighted by Crippen LogP contribution is -2.23. The predicted molar refractivity (Wildman–Crippen MR) is 70.2 cm³/mol. The molecule has 0 bridgehead atoms. The van der Waals surface area contributed by atoms with Crippen LogP contribution in [0.5, 0.6) is 0 Å². The molecule has 1 aromatic carbocycles. The summed E-state index contributed by atoms with van der Waals surface area (Å²) in [4.78, 5) is 11.8. The fourth-order valence-electron chi connectivity index (χ4n) is 1.95. The highest BCUT2D eigenvalue weighted by atomic mass is 16.1. The minimum Gasteiger partial charge on any atom is -0.311 e. The van der Waals surface area contributed by atoms with Gasteiger partial charge < -0.3 is 4.57 Å². The van der Waals surface area contributed by atoms with E-state index in [-0.39, 0.29) is 11.5 Å². The van der Waals surface area contributed by atoms with Crippen LogP contribution in [0.15, 0.2) is 53.3 Å². The number of nitriles is 1. The first-order valence-corrected chi connectivity index (χ1v) is 5.83. The second-order valence-corrected chi connectivity index (χ2v) is 4.21. The Morgan fingerprint density at radius 2 is 1.89 bits per heavy atom. The van der Waals surface area contributed by atoms with Gasteiger partial charge in [-0.25, -0.2) is 0 Å². The Balaban J connectivity index is 2.33. The minimum absolute atomic E-state index is 0.0637. The average Bonchev–Trinajstić information content (AvgIpc) is 2.40. The quantitative estimate of drug-likeness (QED) is 0.824. The number of aromatic nitrogens is 1. The molecule has 0 aliphatic carbocycles. The van der Waals surface area contributed by atoms with Crippen molar-refractivity contribution in [1.29, 1.82) is 5.26 Å². The molecule has 0 spiro atoms. The van der Waals surface area contributed by atoms with Crippen molar-refractivity contribution < 1.29 is 0 Å². The lowest BCUT2D eigenvalue weighted by molar-refractivity contribution is 0.608. The van der Waals surface area contributed by atoms with Crippen molar-refractivity contribution in [2.24, 2.45) is 0 Å². The zero-order valence-corrected chi connectivity index (χ0v) is 10.2. The van der Waals surface area contributed by atoms with Crippen molar-refractivity contribution in [2.45, 2.75) is 19.4 Å². The monoisotopic (exact) mass is 238 g/mol. The van der Waals surface area contributed by atoms with E-state index < -0.39 is 0 Å². The van der Waals surface area contributed by atoms with Crippen LogP contribution < -0.4 is 5.56 Å². The summed E-state index contributed by atoms with van der Waals surface area (Å²) in [5, 5.41) is 9.26. The molecule has 0 aliphatic heterocycles. The van der Waals surface area contributed by atoms with Crippen molar-refractivity contribution in [2.75, 3.05) is 0 Å². The third-order valence-corrected chi connectivity index (χ3v) is 2.99. The molecule has 0 aliphatic rings. The number of aryl methyl sites for hydroxylation is 1. The van der Waals surface area contributed by atoms with Crippen molar-refractivity contribution in [1.82, 2.24) is 4.57 Å². The van der Waals surface area contributed by atoms with Gasteiger partial charge in [-0.2, -0.15) is 5.26 Å². The topological polar surface area (TPSA) is 45.8 Å². The number of benzene rings is 1. The lowest BCUT2D eigenvalue weighted by atomic mass is 10.0. The Bertz CT molecular complexity index is 623. The fraction of sp³-hybridized carbons (Fsp3) is 0.200. The fourth-order valence-corrected chi connectivity index (χ4v) is 1.95. The van der Waals surface area contributed by atoms with E-state index >= 15 is 0 Å². The van der Waals surface area contributed by atoms with Crippen LogP contribution in [0.4, 0.5) is 0 Å². The number of nitrogens with zero attached hydrogens (tertiary/aromatic N) is 2. The molecule has 2 rings (SSSR count). The highest BCUT2D eigenvalue weighted by Crippen LogP contribution is 2.16. The molecule has 18 heavy (non-hydrogen) atoms. The van der Waals surface area contributed by atoms with E-state index in [9.17, 15) is 10.1 Å². The van der Waals surface area contributed by atoms with E-state index in [1.54, 1.807) is 10.6 Å². The molecule has 0 N–H and O–H groups in total. The van der Waals surface area contributed by atoms with Gasteiger partial charge in [-0.15, -0.1) is 0 Å². The lowest BCUT2D eigenvalue weighted by Gasteiger charge is -2.13. The van der Waals surface area contributed by atoms with Crippen molar-refractivity contribution in [3.8, 4) is 6.07 Å². The van der Waals surface area contributed by atoms with Crippen molar-refractivity contribution >= 4 is 0 Å². The zero-order valence-electron chi connectivity index (χ0n) is 10.2. The summed E-state index contributed by atoms with van der Waals surface area (Å²) in [6.07, 6.45) is 0. The number of rotatable bonds is 3. The van der Waals surface area contributed by atoms with Gasteiger partial charge in [-0.1, -0.05) is 36.4 Å². The maximum absolute atomic E-state index is 11.8. The van der Waals surface area contributed by atoms with E-state index in [1.807, 2.05) is 43.3 Å². The van der Waals surface area contributed by atoms with E-state index in [2.05, 4.69) is 6.07 Å². The molecule has 1 aromatic heterocycles. The maximum Gasteiger partial charge on any atom is 0.250 e. The van der Waals surface area contributed by atoms with Crippen LogP contribution in [0.25, 0.3) is 0 Å². The van der Waals surface area contributed by atoms with Gasteiger partial charge in [0.05, 0.1) is 12.0 Å². The normalized spacial score (nSPS) is 11.8. The third kappa shape index (κ3) is 2.49. The van der Waals surface area contributed by atoms with Gasteiger partial charge in [0.1, 0.15) is 0 Å². The molecule has 3 nitrogen and oxygen atoms in total. The third-order valence-electron chi connectivity index (χ3n) is 2.99. The van der Waals surface area contributed by atoms with E-state index in [0.717, 1.165) is 11.3 Å². The minimum atomic E-state index is -0.301. The number of hydrogen-bond donors (Lipinski definition) is 0. The summed E-state index contributed by atoms with van der Waals surface area (Å²) in [6.45, 7) is 2.27. The Hall–Kier alpha value is -2.34.